The number of rotatable bonds is 4. The molecule has 0 aliphatic rings. The summed E-state index contributed by atoms with van der Waals surface area (Å²) in [6.07, 6.45) is 0. The Morgan fingerprint density at radius 2 is 2.00 bits per heavy atom. The number of anilines is 1. The van der Waals surface area contributed by atoms with Gasteiger partial charge in [0.15, 0.2) is 11.6 Å². The molecule has 0 spiro atoms. The first-order valence-electron chi connectivity index (χ1n) is 5.32. The third kappa shape index (κ3) is 3.49. The summed E-state index contributed by atoms with van der Waals surface area (Å²) in [7, 11) is 0. The molecule has 0 aromatic heterocycles. The van der Waals surface area contributed by atoms with Crippen molar-refractivity contribution in [2.75, 3.05) is 11.9 Å². The summed E-state index contributed by atoms with van der Waals surface area (Å²) in [5, 5.41) is 11.5. The van der Waals surface area contributed by atoms with Gasteiger partial charge in [0.1, 0.15) is 0 Å². The fraction of sp³-hybridized carbons (Fsp3) is 0.417. The molecule has 1 aromatic carbocycles. The molecule has 0 fully saturated rings. The van der Waals surface area contributed by atoms with Gasteiger partial charge in [0.05, 0.1) is 12.5 Å². The minimum atomic E-state index is -1.02. The third-order valence-electron chi connectivity index (χ3n) is 2.53. The van der Waals surface area contributed by atoms with Gasteiger partial charge in [-0.1, -0.05) is 13.8 Å². The predicted octanol–water partition coefficient (Wildman–Crippen LogP) is 2.17. The van der Waals surface area contributed by atoms with Gasteiger partial charge in [0, 0.05) is 11.8 Å². The average Bonchev–Trinajstić information content (AvgIpc) is 2.24. The highest BCUT2D eigenvalue weighted by atomic mass is 19.2. The summed E-state index contributed by atoms with van der Waals surface area (Å²) < 4.78 is 25.6. The van der Waals surface area contributed by atoms with Crippen LogP contribution in [-0.4, -0.2) is 17.6 Å². The van der Waals surface area contributed by atoms with Crippen LogP contribution in [0.25, 0.3) is 0 Å². The molecule has 0 saturated heterocycles. The highest BCUT2D eigenvalue weighted by molar-refractivity contribution is 5.92. The Morgan fingerprint density at radius 3 is 2.47 bits per heavy atom. The van der Waals surface area contributed by atoms with E-state index >= 15 is 0 Å². The molecule has 3 nitrogen and oxygen atoms in total. The van der Waals surface area contributed by atoms with Gasteiger partial charge in [-0.05, 0) is 18.1 Å². The monoisotopic (exact) mass is 243 g/mol. The van der Waals surface area contributed by atoms with Crippen LogP contribution < -0.4 is 5.32 Å². The molecular formula is C12H15F2NO2. The number of carbonyl (C=O) groups excluding carboxylic acids is 1. The number of benzene rings is 1. The number of hydrogen-bond donors (Lipinski definition) is 2. The minimum absolute atomic E-state index is 0.0368. The van der Waals surface area contributed by atoms with E-state index < -0.39 is 23.5 Å². The lowest BCUT2D eigenvalue weighted by molar-refractivity contribution is -0.122. The zero-order valence-electron chi connectivity index (χ0n) is 9.71. The minimum Gasteiger partial charge on any atom is -0.396 e. The van der Waals surface area contributed by atoms with E-state index in [4.69, 9.17) is 5.11 Å². The molecule has 0 heterocycles. The standard InChI is InChI=1S/C12H15F2NO2/c1-7(2)9(6-16)12(17)15-8-3-4-10(13)11(14)5-8/h3-5,7,9,16H,6H2,1-2H3,(H,15,17). The fourth-order valence-corrected chi connectivity index (χ4v) is 1.41. The van der Waals surface area contributed by atoms with E-state index in [9.17, 15) is 13.6 Å². The van der Waals surface area contributed by atoms with Crippen molar-refractivity contribution in [2.24, 2.45) is 11.8 Å². The molecule has 5 heteroatoms. The van der Waals surface area contributed by atoms with Crippen molar-refractivity contribution in [1.82, 2.24) is 0 Å². The number of amides is 1. The first-order chi connectivity index (χ1) is 7.95. The lowest BCUT2D eigenvalue weighted by atomic mass is 9.96. The van der Waals surface area contributed by atoms with Gasteiger partial charge in [-0.2, -0.15) is 0 Å². The zero-order chi connectivity index (χ0) is 13.0. The van der Waals surface area contributed by atoms with Crippen LogP contribution in [0.15, 0.2) is 18.2 Å². The summed E-state index contributed by atoms with van der Waals surface area (Å²) in [5.74, 6) is -3.00. The number of halogens is 2. The summed E-state index contributed by atoms with van der Waals surface area (Å²) in [5.41, 5.74) is 0.174. The van der Waals surface area contributed by atoms with E-state index in [0.717, 1.165) is 12.1 Å². The van der Waals surface area contributed by atoms with Crippen molar-refractivity contribution in [1.29, 1.82) is 0 Å². The topological polar surface area (TPSA) is 49.3 Å². The SMILES string of the molecule is CC(C)C(CO)C(=O)Nc1ccc(F)c(F)c1. The van der Waals surface area contributed by atoms with Crippen LogP contribution in [0.2, 0.25) is 0 Å². The molecule has 1 rings (SSSR count). The molecule has 1 aromatic rings. The average molecular weight is 243 g/mol. The van der Waals surface area contributed by atoms with E-state index in [0.29, 0.717) is 0 Å². The fourth-order valence-electron chi connectivity index (χ4n) is 1.41. The van der Waals surface area contributed by atoms with E-state index in [1.54, 1.807) is 13.8 Å². The molecule has 2 N–H and O–H groups in total. The second kappa shape index (κ2) is 5.72. The van der Waals surface area contributed by atoms with E-state index in [2.05, 4.69) is 5.32 Å². The maximum Gasteiger partial charge on any atom is 0.230 e. The molecule has 1 amide bonds. The van der Waals surface area contributed by atoms with Crippen LogP contribution in [0, 0.1) is 23.5 Å². The van der Waals surface area contributed by atoms with Crippen molar-refractivity contribution in [3.05, 3.63) is 29.8 Å². The van der Waals surface area contributed by atoms with Gasteiger partial charge >= 0.3 is 0 Å². The molecule has 94 valence electrons. The molecule has 0 saturated carbocycles. The van der Waals surface area contributed by atoms with Gasteiger partial charge in [0.2, 0.25) is 5.91 Å². The smallest absolute Gasteiger partial charge is 0.230 e. The van der Waals surface area contributed by atoms with E-state index in [1.165, 1.54) is 6.07 Å². The van der Waals surface area contributed by atoms with Crippen LogP contribution in [0.5, 0.6) is 0 Å². The van der Waals surface area contributed by atoms with Crippen LogP contribution in [0.1, 0.15) is 13.8 Å². The van der Waals surface area contributed by atoms with E-state index in [-0.39, 0.29) is 18.2 Å². The van der Waals surface area contributed by atoms with Crippen LogP contribution in [0.3, 0.4) is 0 Å². The van der Waals surface area contributed by atoms with Crippen molar-refractivity contribution in [3.8, 4) is 0 Å². The second-order valence-electron chi connectivity index (χ2n) is 4.15. The maximum absolute atomic E-state index is 12.9. The number of hydrogen-bond acceptors (Lipinski definition) is 2. The molecule has 17 heavy (non-hydrogen) atoms. The Kier molecular flexibility index (Phi) is 4.57. The molecule has 0 aliphatic heterocycles. The second-order valence-corrected chi connectivity index (χ2v) is 4.15. The number of carbonyl (C=O) groups is 1. The predicted molar refractivity (Wildman–Crippen MR) is 60.4 cm³/mol. The summed E-state index contributed by atoms with van der Waals surface area (Å²) in [4.78, 5) is 11.7. The maximum atomic E-state index is 12.9. The van der Waals surface area contributed by atoms with E-state index in [1.807, 2.05) is 0 Å². The van der Waals surface area contributed by atoms with Crippen molar-refractivity contribution >= 4 is 11.6 Å². The van der Waals surface area contributed by atoms with Crippen molar-refractivity contribution in [2.45, 2.75) is 13.8 Å². The lowest BCUT2D eigenvalue weighted by Gasteiger charge is -2.17. The van der Waals surface area contributed by atoms with Crippen molar-refractivity contribution in [3.63, 3.8) is 0 Å². The van der Waals surface area contributed by atoms with Gasteiger partial charge < -0.3 is 10.4 Å². The molecule has 0 aliphatic carbocycles. The normalized spacial score (nSPS) is 12.6. The summed E-state index contributed by atoms with van der Waals surface area (Å²) >= 11 is 0. The van der Waals surface area contributed by atoms with Gasteiger partial charge in [0.25, 0.3) is 0 Å². The molecule has 1 unspecified atom stereocenters. The molecule has 1 atom stereocenters. The number of aliphatic hydroxyl groups excluding tert-OH is 1. The van der Waals surface area contributed by atoms with Crippen LogP contribution in [-0.2, 0) is 4.79 Å². The molecular weight excluding hydrogens is 228 g/mol. The Hall–Kier alpha value is -1.49. The summed E-state index contributed by atoms with van der Waals surface area (Å²) in [6, 6.07) is 3.11. The Balaban J connectivity index is 2.77. The van der Waals surface area contributed by atoms with Crippen molar-refractivity contribution < 1.29 is 18.7 Å². The highest BCUT2D eigenvalue weighted by Gasteiger charge is 2.21. The van der Waals surface area contributed by atoms with Crippen LogP contribution >= 0.6 is 0 Å². The Labute approximate surface area is 98.5 Å². The van der Waals surface area contributed by atoms with Gasteiger partial charge in [-0.15, -0.1) is 0 Å². The first kappa shape index (κ1) is 13.6. The number of nitrogens with one attached hydrogen (secondary N) is 1. The largest absolute Gasteiger partial charge is 0.396 e. The summed E-state index contributed by atoms with van der Waals surface area (Å²) in [6.45, 7) is 3.31. The Bertz CT molecular complexity index is 407. The first-order valence-corrected chi connectivity index (χ1v) is 5.32. The van der Waals surface area contributed by atoms with Gasteiger partial charge in [-0.25, -0.2) is 8.78 Å². The van der Waals surface area contributed by atoms with Crippen LogP contribution in [0.4, 0.5) is 14.5 Å². The molecule has 0 bridgehead atoms. The zero-order valence-corrected chi connectivity index (χ0v) is 9.71. The Morgan fingerprint density at radius 1 is 1.35 bits per heavy atom. The van der Waals surface area contributed by atoms with Gasteiger partial charge in [-0.3, -0.25) is 4.79 Å². The third-order valence-corrected chi connectivity index (χ3v) is 2.53. The number of aliphatic hydroxyl groups is 1. The highest BCUT2D eigenvalue weighted by Crippen LogP contribution is 2.16. The quantitative estimate of drug-likeness (QED) is 0.851. The lowest BCUT2D eigenvalue weighted by Crippen LogP contribution is -2.29. The molecule has 0 radical (unpaired) electrons.